The average Bonchev–Trinajstić information content (AvgIpc) is 3.02. The molecule has 0 aromatic carbocycles. The molecule has 1 rings (SSSR count). The van der Waals surface area contributed by atoms with E-state index >= 15 is 0 Å². The number of nitrogens with one attached hydrogen (secondary N) is 2. The maximum atomic E-state index is 11.2. The summed E-state index contributed by atoms with van der Waals surface area (Å²) in [6.07, 6.45) is 12.6. The molecular formula is C17H31N3O2. The van der Waals surface area contributed by atoms with Crippen LogP contribution in [0.15, 0.2) is 17.1 Å². The predicted molar refractivity (Wildman–Crippen MR) is 91.0 cm³/mol. The summed E-state index contributed by atoms with van der Waals surface area (Å²) < 4.78 is 4.91. The van der Waals surface area contributed by atoms with Crippen LogP contribution >= 0.6 is 0 Å². The van der Waals surface area contributed by atoms with E-state index in [1.54, 1.807) is 0 Å². The number of aliphatic imine (C=N–C) groups is 1. The average molecular weight is 309 g/mol. The lowest BCUT2D eigenvalue weighted by atomic mass is 10.1. The number of carbonyl (C=O) groups is 1. The van der Waals surface area contributed by atoms with Gasteiger partial charge in [0.1, 0.15) is 0 Å². The molecule has 0 radical (unpaired) electrons. The summed E-state index contributed by atoms with van der Waals surface area (Å²) in [7, 11) is 1.81. The summed E-state index contributed by atoms with van der Waals surface area (Å²) >= 11 is 0. The van der Waals surface area contributed by atoms with E-state index < -0.39 is 0 Å². The van der Waals surface area contributed by atoms with Gasteiger partial charge in [0.15, 0.2) is 5.96 Å². The molecule has 0 aromatic rings. The van der Waals surface area contributed by atoms with Gasteiger partial charge in [-0.15, -0.1) is 0 Å². The summed E-state index contributed by atoms with van der Waals surface area (Å²) in [5.74, 6) is 0.830. The fourth-order valence-corrected chi connectivity index (χ4v) is 2.49. The van der Waals surface area contributed by atoms with Crippen LogP contribution in [0.3, 0.4) is 0 Å². The Morgan fingerprint density at radius 2 is 1.86 bits per heavy atom. The van der Waals surface area contributed by atoms with Crippen molar-refractivity contribution in [2.45, 2.75) is 64.3 Å². The van der Waals surface area contributed by atoms with Crippen molar-refractivity contribution < 1.29 is 9.53 Å². The molecule has 0 atom stereocenters. The number of rotatable bonds is 10. The number of guanidine groups is 1. The molecule has 0 unspecified atom stereocenters. The van der Waals surface area contributed by atoms with Crippen molar-refractivity contribution in [2.24, 2.45) is 4.99 Å². The topological polar surface area (TPSA) is 62.7 Å². The largest absolute Gasteiger partial charge is 0.466 e. The van der Waals surface area contributed by atoms with Gasteiger partial charge in [-0.1, -0.05) is 31.4 Å². The number of hydrogen-bond acceptors (Lipinski definition) is 3. The normalized spacial score (nSPS) is 15.1. The molecule has 0 saturated carbocycles. The molecule has 0 aromatic heterocycles. The van der Waals surface area contributed by atoms with Crippen LogP contribution in [-0.4, -0.2) is 38.2 Å². The summed E-state index contributed by atoms with van der Waals surface area (Å²) in [6, 6.07) is 0.495. The van der Waals surface area contributed by atoms with Gasteiger partial charge in [0.2, 0.25) is 0 Å². The number of unbranched alkanes of at least 4 members (excludes halogenated alkanes) is 4. The fourth-order valence-electron chi connectivity index (χ4n) is 2.49. The van der Waals surface area contributed by atoms with Crippen molar-refractivity contribution in [3.63, 3.8) is 0 Å². The molecule has 0 aliphatic heterocycles. The molecular weight excluding hydrogens is 278 g/mol. The predicted octanol–water partition coefficient (Wildman–Crippen LogP) is 2.77. The van der Waals surface area contributed by atoms with Crippen LogP contribution in [0.1, 0.15) is 58.3 Å². The molecule has 0 bridgehead atoms. The molecule has 22 heavy (non-hydrogen) atoms. The molecule has 1 aliphatic rings. The van der Waals surface area contributed by atoms with Gasteiger partial charge in [-0.25, -0.2) is 0 Å². The highest BCUT2D eigenvalue weighted by molar-refractivity contribution is 5.80. The van der Waals surface area contributed by atoms with Gasteiger partial charge in [-0.05, 0) is 32.6 Å². The molecule has 0 saturated heterocycles. The smallest absolute Gasteiger partial charge is 0.305 e. The lowest BCUT2D eigenvalue weighted by molar-refractivity contribution is -0.143. The Hall–Kier alpha value is -1.52. The Labute approximate surface area is 134 Å². The van der Waals surface area contributed by atoms with Crippen LogP contribution in [0.2, 0.25) is 0 Å². The summed E-state index contributed by atoms with van der Waals surface area (Å²) in [6.45, 7) is 3.27. The molecule has 2 N–H and O–H groups in total. The Morgan fingerprint density at radius 1 is 1.18 bits per heavy atom. The number of carbonyl (C=O) groups excluding carboxylic acids is 1. The fraction of sp³-hybridized carbons (Fsp3) is 0.765. The van der Waals surface area contributed by atoms with Crippen LogP contribution in [0, 0.1) is 0 Å². The Balaban J connectivity index is 1.92. The van der Waals surface area contributed by atoms with Crippen LogP contribution in [0.5, 0.6) is 0 Å². The van der Waals surface area contributed by atoms with E-state index in [0.29, 0.717) is 19.1 Å². The lowest BCUT2D eigenvalue weighted by Gasteiger charge is -2.16. The van der Waals surface area contributed by atoms with Gasteiger partial charge >= 0.3 is 5.97 Å². The third kappa shape index (κ3) is 8.70. The third-order valence-electron chi connectivity index (χ3n) is 3.73. The van der Waals surface area contributed by atoms with Gasteiger partial charge in [-0.3, -0.25) is 9.79 Å². The maximum Gasteiger partial charge on any atom is 0.305 e. The van der Waals surface area contributed by atoms with E-state index in [0.717, 1.165) is 44.6 Å². The van der Waals surface area contributed by atoms with E-state index in [2.05, 4.69) is 27.8 Å². The van der Waals surface area contributed by atoms with Crippen LogP contribution < -0.4 is 10.6 Å². The van der Waals surface area contributed by atoms with Crippen LogP contribution in [0.4, 0.5) is 0 Å². The SMILES string of the molecule is CCOC(=O)CCCCCCCNC(=NC)NC1CC=CC1. The van der Waals surface area contributed by atoms with Gasteiger partial charge in [0.05, 0.1) is 6.61 Å². The molecule has 1 aliphatic carbocycles. The van der Waals surface area contributed by atoms with Gasteiger partial charge in [0.25, 0.3) is 0 Å². The number of ether oxygens (including phenoxy) is 1. The zero-order valence-corrected chi connectivity index (χ0v) is 14.1. The second kappa shape index (κ2) is 12.1. The van der Waals surface area contributed by atoms with E-state index in [1.807, 2.05) is 14.0 Å². The minimum Gasteiger partial charge on any atom is -0.466 e. The molecule has 0 heterocycles. The van der Waals surface area contributed by atoms with Crippen molar-refractivity contribution in [1.82, 2.24) is 10.6 Å². The minimum atomic E-state index is -0.0690. The monoisotopic (exact) mass is 309 g/mol. The summed E-state index contributed by atoms with van der Waals surface area (Å²) in [5, 5.41) is 6.79. The second-order valence-corrected chi connectivity index (χ2v) is 5.61. The molecule has 0 spiro atoms. The van der Waals surface area contributed by atoms with Crippen LogP contribution in [0.25, 0.3) is 0 Å². The zero-order valence-electron chi connectivity index (χ0n) is 14.1. The first-order valence-electron chi connectivity index (χ1n) is 8.54. The number of hydrogen-bond donors (Lipinski definition) is 2. The minimum absolute atomic E-state index is 0.0690. The Kier molecular flexibility index (Phi) is 10.2. The zero-order chi connectivity index (χ0) is 16.0. The first-order chi connectivity index (χ1) is 10.8. The second-order valence-electron chi connectivity index (χ2n) is 5.61. The highest BCUT2D eigenvalue weighted by Crippen LogP contribution is 2.09. The van der Waals surface area contributed by atoms with Crippen LogP contribution in [-0.2, 0) is 9.53 Å². The van der Waals surface area contributed by atoms with Gasteiger partial charge in [-0.2, -0.15) is 0 Å². The van der Waals surface area contributed by atoms with E-state index in [9.17, 15) is 4.79 Å². The summed E-state index contributed by atoms with van der Waals surface area (Å²) in [5.41, 5.74) is 0. The van der Waals surface area contributed by atoms with Crippen molar-refractivity contribution in [1.29, 1.82) is 0 Å². The molecule has 126 valence electrons. The highest BCUT2D eigenvalue weighted by atomic mass is 16.5. The number of esters is 1. The molecule has 0 fully saturated rings. The van der Waals surface area contributed by atoms with E-state index in [1.165, 1.54) is 12.8 Å². The first-order valence-corrected chi connectivity index (χ1v) is 8.54. The maximum absolute atomic E-state index is 11.2. The Bertz CT molecular complexity index is 359. The van der Waals surface area contributed by atoms with E-state index in [-0.39, 0.29) is 5.97 Å². The molecule has 0 amide bonds. The quantitative estimate of drug-likeness (QED) is 0.214. The van der Waals surface area contributed by atoms with Gasteiger partial charge < -0.3 is 15.4 Å². The Morgan fingerprint density at radius 3 is 2.55 bits per heavy atom. The van der Waals surface area contributed by atoms with E-state index in [4.69, 9.17) is 4.74 Å². The highest BCUT2D eigenvalue weighted by Gasteiger charge is 2.10. The standard InChI is InChI=1S/C17H31N3O2/c1-3-22-16(21)13-7-5-4-6-10-14-19-17(18-2)20-15-11-8-9-12-15/h8-9,15H,3-7,10-14H2,1-2H3,(H2,18,19,20). The summed E-state index contributed by atoms with van der Waals surface area (Å²) in [4.78, 5) is 15.4. The third-order valence-corrected chi connectivity index (χ3v) is 3.73. The van der Waals surface area contributed by atoms with Gasteiger partial charge in [0, 0.05) is 26.1 Å². The molecule has 5 nitrogen and oxygen atoms in total. The number of nitrogens with zero attached hydrogens (tertiary/aromatic N) is 1. The van der Waals surface area contributed by atoms with Crippen molar-refractivity contribution in [3.8, 4) is 0 Å². The van der Waals surface area contributed by atoms with Crippen molar-refractivity contribution >= 4 is 11.9 Å². The van der Waals surface area contributed by atoms with Crippen molar-refractivity contribution in [3.05, 3.63) is 12.2 Å². The molecule has 5 heteroatoms. The first kappa shape index (κ1) is 18.5. The lowest BCUT2D eigenvalue weighted by Crippen LogP contribution is -2.42. The van der Waals surface area contributed by atoms with Crippen molar-refractivity contribution in [2.75, 3.05) is 20.2 Å².